The van der Waals surface area contributed by atoms with Gasteiger partial charge in [-0.25, -0.2) is 13.2 Å². The minimum absolute atomic E-state index is 0.0948. The van der Waals surface area contributed by atoms with Crippen molar-refractivity contribution in [1.29, 1.82) is 0 Å². The van der Waals surface area contributed by atoms with Crippen LogP contribution < -0.4 is 0 Å². The highest BCUT2D eigenvalue weighted by Gasteiger charge is 2.53. The Balaban J connectivity index is 2.19. The molecule has 2 unspecified atom stereocenters. The van der Waals surface area contributed by atoms with E-state index in [4.69, 9.17) is 0 Å². The summed E-state index contributed by atoms with van der Waals surface area (Å²) in [7, 11) is 0. The van der Waals surface area contributed by atoms with E-state index in [1.54, 1.807) is 0 Å². The monoisotopic (exact) mass is 288 g/mol. The Labute approximate surface area is 118 Å². The van der Waals surface area contributed by atoms with Crippen LogP contribution in [-0.2, 0) is 0 Å². The molecule has 0 aromatic heterocycles. The topological polar surface area (TPSA) is 15.6 Å². The van der Waals surface area contributed by atoms with Gasteiger partial charge in [-0.1, -0.05) is 13.5 Å². The predicted octanol–water partition coefficient (Wildman–Crippen LogP) is 3.97. The second-order valence-corrected chi connectivity index (χ2v) is 6.58. The molecule has 20 heavy (non-hydrogen) atoms. The zero-order valence-corrected chi connectivity index (χ0v) is 12.4. The van der Waals surface area contributed by atoms with Crippen molar-refractivity contribution in [3.63, 3.8) is 0 Å². The van der Waals surface area contributed by atoms with Gasteiger partial charge in [0, 0.05) is 18.0 Å². The molecule has 0 N–H and O–H groups in total. The summed E-state index contributed by atoms with van der Waals surface area (Å²) >= 11 is 0. The lowest BCUT2D eigenvalue weighted by molar-refractivity contribution is -0.00750. The van der Waals surface area contributed by atoms with Gasteiger partial charge in [-0.15, -0.1) is 0 Å². The molecule has 0 amide bonds. The van der Waals surface area contributed by atoms with Gasteiger partial charge in [0.2, 0.25) is 0 Å². The smallest absolute Gasteiger partial charge is 0.262 e. The highest BCUT2D eigenvalue weighted by molar-refractivity contribution is 5.97. The van der Waals surface area contributed by atoms with Crippen LogP contribution in [0.2, 0.25) is 0 Å². The molecular formula is C15H23F3N2. The zero-order chi connectivity index (χ0) is 15.1. The van der Waals surface area contributed by atoms with Crippen molar-refractivity contribution < 1.29 is 13.2 Å². The van der Waals surface area contributed by atoms with E-state index < -0.39 is 11.7 Å². The van der Waals surface area contributed by atoms with Gasteiger partial charge < -0.3 is 0 Å². The fourth-order valence-electron chi connectivity index (χ4n) is 3.58. The first-order valence-electron chi connectivity index (χ1n) is 7.20. The van der Waals surface area contributed by atoms with Crippen molar-refractivity contribution in [2.75, 3.05) is 6.54 Å². The van der Waals surface area contributed by atoms with Gasteiger partial charge in [-0.3, -0.25) is 9.89 Å². The Morgan fingerprint density at radius 3 is 2.55 bits per heavy atom. The van der Waals surface area contributed by atoms with E-state index in [1.165, 1.54) is 0 Å². The number of rotatable bonds is 3. The van der Waals surface area contributed by atoms with Crippen LogP contribution in [-0.4, -0.2) is 40.7 Å². The number of nitrogens with zero attached hydrogens (tertiary/aromatic N) is 2. The molecule has 2 aliphatic heterocycles. The third-order valence-corrected chi connectivity index (χ3v) is 4.42. The molecule has 2 saturated heterocycles. The SMILES string of the molecule is C=C(F)C(CC)=NC1CC2CC(F)(F)CN2C(C)(C)C1. The van der Waals surface area contributed by atoms with Crippen LogP contribution >= 0.6 is 0 Å². The lowest BCUT2D eigenvalue weighted by Crippen LogP contribution is -2.54. The second-order valence-electron chi connectivity index (χ2n) is 6.58. The van der Waals surface area contributed by atoms with E-state index in [0.717, 1.165) is 0 Å². The Kier molecular flexibility index (Phi) is 4.02. The average Bonchev–Trinajstić information content (AvgIpc) is 2.60. The van der Waals surface area contributed by atoms with E-state index in [1.807, 2.05) is 25.7 Å². The highest BCUT2D eigenvalue weighted by atomic mass is 19.3. The zero-order valence-electron chi connectivity index (χ0n) is 12.4. The Morgan fingerprint density at radius 1 is 1.35 bits per heavy atom. The van der Waals surface area contributed by atoms with Gasteiger partial charge in [0.15, 0.2) is 0 Å². The maximum absolute atomic E-state index is 13.6. The van der Waals surface area contributed by atoms with Crippen molar-refractivity contribution in [3.8, 4) is 0 Å². The van der Waals surface area contributed by atoms with Crippen LogP contribution in [0.3, 0.4) is 0 Å². The van der Waals surface area contributed by atoms with Gasteiger partial charge in [-0.2, -0.15) is 0 Å². The molecule has 0 aromatic carbocycles. The molecule has 5 heteroatoms. The van der Waals surface area contributed by atoms with Crippen LogP contribution in [0.25, 0.3) is 0 Å². The quantitative estimate of drug-likeness (QED) is 0.717. The molecule has 0 saturated carbocycles. The average molecular weight is 288 g/mol. The van der Waals surface area contributed by atoms with Gasteiger partial charge in [0.05, 0.1) is 18.3 Å². The Bertz CT molecular complexity index is 429. The summed E-state index contributed by atoms with van der Waals surface area (Å²) in [6, 6.07) is -0.254. The molecule has 2 fully saturated rings. The summed E-state index contributed by atoms with van der Waals surface area (Å²) in [4.78, 5) is 6.33. The van der Waals surface area contributed by atoms with Crippen LogP contribution in [0.4, 0.5) is 13.2 Å². The standard InChI is InChI=1S/C15H23F3N2/c1-5-13(10(2)16)19-11-6-12-8-15(17,18)9-20(12)14(3,4)7-11/h11-12H,2,5-9H2,1,3-4H3. The molecular weight excluding hydrogens is 265 g/mol. The van der Waals surface area contributed by atoms with Crippen molar-refractivity contribution in [3.05, 3.63) is 12.4 Å². The number of fused-ring (bicyclic) bond motifs is 1. The third-order valence-electron chi connectivity index (χ3n) is 4.42. The molecule has 2 nitrogen and oxygen atoms in total. The number of hydrogen-bond donors (Lipinski definition) is 0. The Morgan fingerprint density at radius 2 is 2.00 bits per heavy atom. The summed E-state index contributed by atoms with van der Waals surface area (Å²) in [5.74, 6) is -3.12. The number of allylic oxidation sites excluding steroid dienone is 1. The molecule has 0 spiro atoms. The van der Waals surface area contributed by atoms with E-state index in [9.17, 15) is 13.2 Å². The van der Waals surface area contributed by atoms with E-state index in [2.05, 4.69) is 11.6 Å². The molecule has 0 aliphatic carbocycles. The van der Waals surface area contributed by atoms with E-state index in [0.29, 0.717) is 25.0 Å². The van der Waals surface area contributed by atoms with Crippen LogP contribution in [0.1, 0.15) is 46.5 Å². The molecule has 114 valence electrons. The van der Waals surface area contributed by atoms with Gasteiger partial charge in [0.25, 0.3) is 5.92 Å². The van der Waals surface area contributed by atoms with Crippen LogP contribution in [0.5, 0.6) is 0 Å². The lowest BCUT2D eigenvalue weighted by atomic mass is 9.84. The fraction of sp³-hybridized carbons (Fsp3) is 0.800. The molecule has 2 aliphatic rings. The number of aliphatic imine (C=N–C) groups is 1. The summed E-state index contributed by atoms with van der Waals surface area (Å²) < 4.78 is 40.5. The molecule has 2 atom stereocenters. The van der Waals surface area contributed by atoms with Crippen molar-refractivity contribution in [1.82, 2.24) is 4.90 Å². The molecule has 2 heterocycles. The minimum Gasteiger partial charge on any atom is -0.289 e. The van der Waals surface area contributed by atoms with Gasteiger partial charge in [-0.05, 0) is 33.1 Å². The van der Waals surface area contributed by atoms with Crippen molar-refractivity contribution >= 4 is 5.71 Å². The summed E-state index contributed by atoms with van der Waals surface area (Å²) in [5.41, 5.74) is 0.0389. The van der Waals surface area contributed by atoms with Gasteiger partial charge >= 0.3 is 0 Å². The number of piperidine rings is 1. The third kappa shape index (κ3) is 3.08. The van der Waals surface area contributed by atoms with Crippen LogP contribution in [0.15, 0.2) is 17.4 Å². The maximum atomic E-state index is 13.6. The molecule has 0 aromatic rings. The lowest BCUT2D eigenvalue weighted by Gasteiger charge is -2.46. The first kappa shape index (κ1) is 15.5. The van der Waals surface area contributed by atoms with Gasteiger partial charge in [0.1, 0.15) is 5.83 Å². The van der Waals surface area contributed by atoms with Crippen molar-refractivity contribution in [2.45, 2.75) is 70.0 Å². The summed E-state index contributed by atoms with van der Waals surface area (Å²) in [6.45, 7) is 8.89. The molecule has 0 bridgehead atoms. The first-order valence-corrected chi connectivity index (χ1v) is 7.20. The maximum Gasteiger partial charge on any atom is 0.262 e. The van der Waals surface area contributed by atoms with E-state index in [-0.39, 0.29) is 30.6 Å². The summed E-state index contributed by atoms with van der Waals surface area (Å²) in [6.07, 6.45) is 1.63. The Hall–Kier alpha value is -0.840. The minimum atomic E-state index is -2.61. The normalized spacial score (nSPS) is 33.0. The number of hydrogen-bond acceptors (Lipinski definition) is 2. The highest BCUT2D eigenvalue weighted by Crippen LogP contribution is 2.44. The summed E-state index contributed by atoms with van der Waals surface area (Å²) in [5, 5.41) is 0. The number of alkyl halides is 2. The first-order chi connectivity index (χ1) is 9.14. The van der Waals surface area contributed by atoms with Crippen molar-refractivity contribution in [2.24, 2.45) is 4.99 Å². The molecule has 0 radical (unpaired) electrons. The fourth-order valence-corrected chi connectivity index (χ4v) is 3.58. The van der Waals surface area contributed by atoms with E-state index >= 15 is 0 Å². The molecule has 2 rings (SSSR count). The second kappa shape index (κ2) is 5.17. The largest absolute Gasteiger partial charge is 0.289 e. The van der Waals surface area contributed by atoms with Crippen LogP contribution in [0, 0.1) is 0 Å². The predicted molar refractivity (Wildman–Crippen MR) is 75.1 cm³/mol. The number of halogens is 3.